The van der Waals surface area contributed by atoms with Gasteiger partial charge < -0.3 is 14.4 Å². The predicted octanol–water partition coefficient (Wildman–Crippen LogP) is 6.75. The summed E-state index contributed by atoms with van der Waals surface area (Å²) in [4.78, 5) is 23.2. The Morgan fingerprint density at radius 3 is 2.21 bits per heavy atom. The first-order valence-electron chi connectivity index (χ1n) is 11.6. The largest absolute Gasteiger partial charge is 0.481 e. The molecule has 10 heteroatoms. The standard InChI is InChI=1S/C28H23F3N2O5/c1-17-25(32-27(36)37-14-13-18-3-2-4-23(15-18)28(29,30)31)26(33-38-17)22-11-9-21(10-12-22)20-7-5-19(6-8-20)16-24(34)35/h2-12,15H,13-14,16H2,1H3,(H,32,36)(H,34,35). The molecular formula is C28H23F3N2O5. The van der Waals surface area contributed by atoms with Crippen LogP contribution < -0.4 is 5.32 Å². The first-order chi connectivity index (χ1) is 18.1. The Labute approximate surface area is 215 Å². The molecule has 38 heavy (non-hydrogen) atoms. The average Bonchev–Trinajstić information content (AvgIpc) is 3.23. The van der Waals surface area contributed by atoms with E-state index in [0.717, 1.165) is 23.3 Å². The van der Waals surface area contributed by atoms with E-state index in [-0.39, 0.29) is 19.4 Å². The molecule has 0 unspecified atom stereocenters. The van der Waals surface area contributed by atoms with Crippen molar-refractivity contribution < 1.29 is 37.1 Å². The molecule has 0 aliphatic heterocycles. The number of rotatable bonds is 8. The summed E-state index contributed by atoms with van der Waals surface area (Å²) in [6.07, 6.45) is -5.16. The molecule has 0 saturated carbocycles. The van der Waals surface area contributed by atoms with Gasteiger partial charge in [-0.2, -0.15) is 13.2 Å². The normalized spacial score (nSPS) is 11.3. The van der Waals surface area contributed by atoms with Gasteiger partial charge in [-0.3, -0.25) is 10.1 Å². The van der Waals surface area contributed by atoms with E-state index in [2.05, 4.69) is 10.5 Å². The van der Waals surface area contributed by atoms with Crippen LogP contribution in [0.4, 0.5) is 23.7 Å². The smallest absolute Gasteiger partial charge is 0.416 e. The molecule has 1 heterocycles. The maximum absolute atomic E-state index is 12.9. The third-order valence-corrected chi connectivity index (χ3v) is 5.77. The van der Waals surface area contributed by atoms with Crippen LogP contribution in [0.5, 0.6) is 0 Å². The van der Waals surface area contributed by atoms with Gasteiger partial charge in [0.25, 0.3) is 0 Å². The van der Waals surface area contributed by atoms with E-state index in [1.54, 1.807) is 19.1 Å². The number of carbonyl (C=O) groups excluding carboxylic acids is 1. The first kappa shape index (κ1) is 26.5. The summed E-state index contributed by atoms with van der Waals surface area (Å²) in [6.45, 7) is 1.51. The van der Waals surface area contributed by atoms with Crippen LogP contribution in [-0.2, 0) is 28.5 Å². The number of ether oxygens (including phenoxy) is 1. The molecule has 0 saturated heterocycles. The van der Waals surface area contributed by atoms with Gasteiger partial charge in [0, 0.05) is 12.0 Å². The fourth-order valence-corrected chi connectivity index (χ4v) is 3.83. The lowest BCUT2D eigenvalue weighted by Gasteiger charge is -2.10. The molecule has 1 amide bonds. The molecule has 0 spiro atoms. The van der Waals surface area contributed by atoms with E-state index in [0.29, 0.717) is 33.8 Å². The number of alkyl halides is 3. The number of benzene rings is 3. The van der Waals surface area contributed by atoms with E-state index in [1.807, 2.05) is 36.4 Å². The fraction of sp³-hybridized carbons (Fsp3) is 0.179. The van der Waals surface area contributed by atoms with Crippen molar-refractivity contribution in [3.05, 3.63) is 95.2 Å². The monoisotopic (exact) mass is 524 g/mol. The van der Waals surface area contributed by atoms with E-state index >= 15 is 0 Å². The van der Waals surface area contributed by atoms with Crippen molar-refractivity contribution in [1.29, 1.82) is 0 Å². The molecule has 0 radical (unpaired) electrons. The molecule has 4 aromatic rings. The van der Waals surface area contributed by atoms with Crippen molar-refractivity contribution in [3.63, 3.8) is 0 Å². The minimum Gasteiger partial charge on any atom is -0.481 e. The molecule has 0 aliphatic rings. The number of carboxylic acid groups (broad SMARTS) is 1. The van der Waals surface area contributed by atoms with Gasteiger partial charge in [0.05, 0.1) is 18.6 Å². The van der Waals surface area contributed by atoms with E-state index in [4.69, 9.17) is 14.4 Å². The lowest BCUT2D eigenvalue weighted by molar-refractivity contribution is -0.138. The number of hydrogen-bond donors (Lipinski definition) is 2. The highest BCUT2D eigenvalue weighted by Crippen LogP contribution is 2.32. The van der Waals surface area contributed by atoms with E-state index < -0.39 is 23.8 Å². The molecule has 0 fully saturated rings. The highest BCUT2D eigenvalue weighted by atomic mass is 19.4. The predicted molar refractivity (Wildman–Crippen MR) is 134 cm³/mol. The molecule has 0 atom stereocenters. The van der Waals surface area contributed by atoms with Crippen LogP contribution >= 0.6 is 0 Å². The van der Waals surface area contributed by atoms with Gasteiger partial charge in [-0.25, -0.2) is 4.79 Å². The topological polar surface area (TPSA) is 102 Å². The van der Waals surface area contributed by atoms with Crippen molar-refractivity contribution >= 4 is 17.7 Å². The third-order valence-electron chi connectivity index (χ3n) is 5.77. The Balaban J connectivity index is 1.39. The van der Waals surface area contributed by atoms with Gasteiger partial charge in [-0.1, -0.05) is 71.9 Å². The summed E-state index contributed by atoms with van der Waals surface area (Å²) in [5.41, 5.74) is 3.53. The van der Waals surface area contributed by atoms with Crippen LogP contribution in [0.25, 0.3) is 22.4 Å². The second-order valence-corrected chi connectivity index (χ2v) is 8.52. The van der Waals surface area contributed by atoms with Gasteiger partial charge in [-0.15, -0.1) is 0 Å². The number of hydrogen-bond acceptors (Lipinski definition) is 5. The number of anilines is 1. The van der Waals surface area contributed by atoms with Crippen molar-refractivity contribution in [2.24, 2.45) is 0 Å². The van der Waals surface area contributed by atoms with Crippen molar-refractivity contribution in [3.8, 4) is 22.4 Å². The van der Waals surface area contributed by atoms with Gasteiger partial charge >= 0.3 is 18.2 Å². The lowest BCUT2D eigenvalue weighted by Crippen LogP contribution is -2.16. The number of halogens is 3. The van der Waals surface area contributed by atoms with Crippen LogP contribution in [0.3, 0.4) is 0 Å². The Bertz CT molecular complexity index is 1430. The third kappa shape index (κ3) is 6.58. The highest BCUT2D eigenvalue weighted by molar-refractivity contribution is 5.91. The van der Waals surface area contributed by atoms with Gasteiger partial charge in [0.2, 0.25) is 0 Å². The van der Waals surface area contributed by atoms with E-state index in [9.17, 15) is 22.8 Å². The quantitative estimate of drug-likeness (QED) is 0.264. The molecule has 2 N–H and O–H groups in total. The fourth-order valence-electron chi connectivity index (χ4n) is 3.83. The minimum atomic E-state index is -4.44. The summed E-state index contributed by atoms with van der Waals surface area (Å²) in [5.74, 6) is -0.540. The summed E-state index contributed by atoms with van der Waals surface area (Å²) in [6, 6.07) is 19.4. The number of nitrogens with zero attached hydrogens (tertiary/aromatic N) is 1. The summed E-state index contributed by atoms with van der Waals surface area (Å²) < 4.78 is 49.1. The first-order valence-corrected chi connectivity index (χ1v) is 11.6. The van der Waals surface area contributed by atoms with Crippen LogP contribution in [-0.4, -0.2) is 28.9 Å². The van der Waals surface area contributed by atoms with Crippen molar-refractivity contribution in [2.45, 2.75) is 25.9 Å². The Morgan fingerprint density at radius 1 is 0.947 bits per heavy atom. The maximum atomic E-state index is 12.9. The maximum Gasteiger partial charge on any atom is 0.416 e. The number of amides is 1. The van der Waals surface area contributed by atoms with Gasteiger partial charge in [0.1, 0.15) is 11.4 Å². The number of aliphatic carboxylic acids is 1. The Kier molecular flexibility index (Phi) is 7.80. The second-order valence-electron chi connectivity index (χ2n) is 8.52. The van der Waals surface area contributed by atoms with Crippen LogP contribution in [0.1, 0.15) is 22.5 Å². The SMILES string of the molecule is Cc1onc(-c2ccc(-c3ccc(CC(=O)O)cc3)cc2)c1NC(=O)OCCc1cccc(C(F)(F)F)c1. The van der Waals surface area contributed by atoms with Crippen LogP contribution in [0, 0.1) is 6.92 Å². The summed E-state index contributed by atoms with van der Waals surface area (Å²) in [7, 11) is 0. The number of nitrogens with one attached hydrogen (secondary N) is 1. The zero-order valence-electron chi connectivity index (χ0n) is 20.2. The number of carbonyl (C=O) groups is 2. The average molecular weight is 524 g/mol. The lowest BCUT2D eigenvalue weighted by atomic mass is 10.0. The Hall–Kier alpha value is -4.60. The van der Waals surface area contributed by atoms with E-state index in [1.165, 1.54) is 12.1 Å². The molecule has 196 valence electrons. The van der Waals surface area contributed by atoms with Crippen LogP contribution in [0.2, 0.25) is 0 Å². The highest BCUT2D eigenvalue weighted by Gasteiger charge is 2.30. The molecule has 1 aromatic heterocycles. The van der Waals surface area contributed by atoms with Crippen molar-refractivity contribution in [1.82, 2.24) is 5.16 Å². The van der Waals surface area contributed by atoms with Gasteiger partial charge in [0.15, 0.2) is 5.76 Å². The Morgan fingerprint density at radius 2 is 1.58 bits per heavy atom. The molecule has 4 rings (SSSR count). The van der Waals surface area contributed by atoms with Crippen LogP contribution in [0.15, 0.2) is 77.3 Å². The number of carboxylic acids is 1. The second kappa shape index (κ2) is 11.2. The molecule has 3 aromatic carbocycles. The number of aryl methyl sites for hydroxylation is 1. The molecule has 0 bridgehead atoms. The summed E-state index contributed by atoms with van der Waals surface area (Å²) >= 11 is 0. The summed E-state index contributed by atoms with van der Waals surface area (Å²) in [5, 5.41) is 15.5. The molecular weight excluding hydrogens is 501 g/mol. The zero-order valence-corrected chi connectivity index (χ0v) is 20.2. The van der Waals surface area contributed by atoms with Crippen molar-refractivity contribution in [2.75, 3.05) is 11.9 Å². The molecule has 7 nitrogen and oxygen atoms in total. The molecule has 0 aliphatic carbocycles. The van der Waals surface area contributed by atoms with Gasteiger partial charge in [-0.05, 0) is 35.2 Å². The zero-order chi connectivity index (χ0) is 27.3. The minimum absolute atomic E-state index is 0.0474. The number of aromatic nitrogens is 1.